The first-order valence-corrected chi connectivity index (χ1v) is 7.82. The maximum atomic E-state index is 12.3. The van der Waals surface area contributed by atoms with Gasteiger partial charge in [-0.25, -0.2) is 0 Å². The Bertz CT molecular complexity index is 785. The van der Waals surface area contributed by atoms with Crippen molar-refractivity contribution in [1.82, 2.24) is 5.32 Å². The van der Waals surface area contributed by atoms with Crippen LogP contribution in [0.1, 0.15) is 33.1 Å². The molecule has 0 bridgehead atoms. The number of carbonyl (C=O) groups excluding carboxylic acids is 1. The molecule has 0 saturated carbocycles. The van der Waals surface area contributed by atoms with Crippen molar-refractivity contribution in [3.05, 3.63) is 69.9 Å². The number of thiophene rings is 1. The Morgan fingerprint density at radius 2 is 1.81 bits per heavy atom. The van der Waals surface area contributed by atoms with Crippen LogP contribution in [-0.4, -0.2) is 5.91 Å². The molecule has 0 spiro atoms. The standard InChI is InChI=1S/C18H17NOS/c1-12-10-11-17(21-12)18(20)19-13(2)15-9-5-7-14-6-3-4-8-16(14)15/h3-11,13H,1-2H3,(H,19,20)/t13-/m0/s1. The molecular formula is C18H17NOS. The average molecular weight is 295 g/mol. The van der Waals surface area contributed by atoms with E-state index in [1.54, 1.807) is 0 Å². The highest BCUT2D eigenvalue weighted by atomic mass is 32.1. The number of benzene rings is 2. The SMILES string of the molecule is Cc1ccc(C(=O)N[C@@H](C)c2cccc3ccccc23)s1. The predicted octanol–water partition coefficient (Wildman–Crippen LogP) is 4.70. The van der Waals surface area contributed by atoms with E-state index in [0.717, 1.165) is 15.3 Å². The van der Waals surface area contributed by atoms with Gasteiger partial charge in [-0.15, -0.1) is 11.3 Å². The van der Waals surface area contributed by atoms with Gasteiger partial charge in [-0.05, 0) is 42.3 Å². The molecule has 0 aliphatic heterocycles. The Labute approximate surface area is 128 Å². The Balaban J connectivity index is 1.87. The van der Waals surface area contributed by atoms with Gasteiger partial charge < -0.3 is 5.32 Å². The van der Waals surface area contributed by atoms with Crippen molar-refractivity contribution in [2.24, 2.45) is 0 Å². The fourth-order valence-electron chi connectivity index (χ4n) is 2.53. The van der Waals surface area contributed by atoms with Gasteiger partial charge in [-0.3, -0.25) is 4.79 Å². The molecule has 1 N–H and O–H groups in total. The van der Waals surface area contributed by atoms with Gasteiger partial charge in [0.2, 0.25) is 0 Å². The van der Waals surface area contributed by atoms with E-state index in [2.05, 4.69) is 29.6 Å². The summed E-state index contributed by atoms with van der Waals surface area (Å²) in [5.41, 5.74) is 1.15. The molecule has 0 aliphatic rings. The maximum absolute atomic E-state index is 12.3. The topological polar surface area (TPSA) is 29.1 Å². The second-order valence-electron chi connectivity index (χ2n) is 5.17. The van der Waals surface area contributed by atoms with Crippen molar-refractivity contribution >= 4 is 28.0 Å². The minimum absolute atomic E-state index is 0.00599. The number of amides is 1. The van der Waals surface area contributed by atoms with Gasteiger partial charge in [-0.1, -0.05) is 42.5 Å². The van der Waals surface area contributed by atoms with E-state index in [9.17, 15) is 4.79 Å². The van der Waals surface area contributed by atoms with Crippen molar-refractivity contribution < 1.29 is 4.79 Å². The van der Waals surface area contributed by atoms with E-state index in [0.29, 0.717) is 0 Å². The van der Waals surface area contributed by atoms with Crippen LogP contribution in [0, 0.1) is 6.92 Å². The van der Waals surface area contributed by atoms with E-state index in [1.807, 2.05) is 44.2 Å². The maximum Gasteiger partial charge on any atom is 0.261 e. The third-order valence-electron chi connectivity index (χ3n) is 3.60. The van der Waals surface area contributed by atoms with Gasteiger partial charge in [0.1, 0.15) is 0 Å². The van der Waals surface area contributed by atoms with Gasteiger partial charge in [0.05, 0.1) is 10.9 Å². The van der Waals surface area contributed by atoms with Crippen LogP contribution < -0.4 is 5.32 Å². The van der Waals surface area contributed by atoms with Crippen LogP contribution in [0.5, 0.6) is 0 Å². The molecule has 106 valence electrons. The molecule has 1 atom stereocenters. The van der Waals surface area contributed by atoms with Gasteiger partial charge >= 0.3 is 0 Å². The first-order valence-electron chi connectivity index (χ1n) is 7.00. The average Bonchev–Trinajstić information content (AvgIpc) is 2.93. The molecule has 0 fully saturated rings. The van der Waals surface area contributed by atoms with Crippen LogP contribution in [-0.2, 0) is 0 Å². The molecule has 1 aromatic heterocycles. The summed E-state index contributed by atoms with van der Waals surface area (Å²) in [5, 5.41) is 5.48. The third kappa shape index (κ3) is 2.83. The summed E-state index contributed by atoms with van der Waals surface area (Å²) in [5.74, 6) is -0.00599. The number of rotatable bonds is 3. The summed E-state index contributed by atoms with van der Waals surface area (Å²) in [7, 11) is 0. The first kappa shape index (κ1) is 13.8. The fourth-order valence-corrected chi connectivity index (χ4v) is 3.30. The lowest BCUT2D eigenvalue weighted by atomic mass is 10.00. The molecule has 2 nitrogen and oxygen atoms in total. The van der Waals surface area contributed by atoms with Crippen molar-refractivity contribution in [3.63, 3.8) is 0 Å². The minimum atomic E-state index is -0.0222. The Morgan fingerprint density at radius 1 is 1.05 bits per heavy atom. The van der Waals surface area contributed by atoms with Crippen molar-refractivity contribution in [1.29, 1.82) is 0 Å². The van der Waals surface area contributed by atoms with Gasteiger partial charge in [0.25, 0.3) is 5.91 Å². The molecule has 21 heavy (non-hydrogen) atoms. The lowest BCUT2D eigenvalue weighted by Crippen LogP contribution is -2.26. The highest BCUT2D eigenvalue weighted by Crippen LogP contribution is 2.25. The Hall–Kier alpha value is -2.13. The zero-order valence-electron chi connectivity index (χ0n) is 12.1. The van der Waals surface area contributed by atoms with Crippen molar-refractivity contribution in [2.45, 2.75) is 19.9 Å². The molecule has 3 aromatic rings. The summed E-state index contributed by atoms with van der Waals surface area (Å²) in [4.78, 5) is 14.2. The summed E-state index contributed by atoms with van der Waals surface area (Å²) >= 11 is 1.52. The number of hydrogen-bond acceptors (Lipinski definition) is 2. The second-order valence-corrected chi connectivity index (χ2v) is 6.46. The zero-order chi connectivity index (χ0) is 14.8. The Kier molecular flexibility index (Phi) is 3.76. The minimum Gasteiger partial charge on any atom is -0.345 e. The largest absolute Gasteiger partial charge is 0.345 e. The van der Waals surface area contributed by atoms with Gasteiger partial charge in [-0.2, -0.15) is 0 Å². The Morgan fingerprint density at radius 3 is 2.57 bits per heavy atom. The van der Waals surface area contributed by atoms with Crippen molar-refractivity contribution in [3.8, 4) is 0 Å². The van der Waals surface area contributed by atoms with Gasteiger partial charge in [0, 0.05) is 4.88 Å². The molecule has 1 amide bonds. The van der Waals surface area contributed by atoms with E-state index < -0.39 is 0 Å². The van der Waals surface area contributed by atoms with Gasteiger partial charge in [0.15, 0.2) is 0 Å². The lowest BCUT2D eigenvalue weighted by Gasteiger charge is -2.16. The zero-order valence-corrected chi connectivity index (χ0v) is 12.9. The number of hydrogen-bond donors (Lipinski definition) is 1. The molecular weight excluding hydrogens is 278 g/mol. The molecule has 0 saturated heterocycles. The lowest BCUT2D eigenvalue weighted by molar-refractivity contribution is 0.0944. The number of carbonyl (C=O) groups is 1. The molecule has 2 aromatic carbocycles. The number of fused-ring (bicyclic) bond motifs is 1. The first-order chi connectivity index (χ1) is 10.1. The fraction of sp³-hybridized carbons (Fsp3) is 0.167. The highest BCUT2D eigenvalue weighted by molar-refractivity contribution is 7.13. The molecule has 0 unspecified atom stereocenters. The summed E-state index contributed by atoms with van der Waals surface area (Å²) in [6.45, 7) is 4.04. The smallest absolute Gasteiger partial charge is 0.261 e. The summed E-state index contributed by atoms with van der Waals surface area (Å²) in [6, 6.07) is 18.3. The van der Waals surface area contributed by atoms with Crippen LogP contribution in [0.4, 0.5) is 0 Å². The van der Waals surface area contributed by atoms with Crippen molar-refractivity contribution in [2.75, 3.05) is 0 Å². The van der Waals surface area contributed by atoms with E-state index in [4.69, 9.17) is 0 Å². The van der Waals surface area contributed by atoms with E-state index >= 15 is 0 Å². The monoisotopic (exact) mass is 295 g/mol. The predicted molar refractivity (Wildman–Crippen MR) is 88.9 cm³/mol. The molecule has 1 heterocycles. The van der Waals surface area contributed by atoms with E-state index in [1.165, 1.54) is 22.1 Å². The van der Waals surface area contributed by atoms with Crippen LogP contribution >= 0.6 is 11.3 Å². The number of nitrogens with one attached hydrogen (secondary N) is 1. The summed E-state index contributed by atoms with van der Waals surface area (Å²) < 4.78 is 0. The summed E-state index contributed by atoms with van der Waals surface area (Å²) in [6.07, 6.45) is 0. The van der Waals surface area contributed by atoms with Crippen LogP contribution in [0.3, 0.4) is 0 Å². The molecule has 3 rings (SSSR count). The molecule has 3 heteroatoms. The van der Waals surface area contributed by atoms with Crippen LogP contribution in [0.2, 0.25) is 0 Å². The van der Waals surface area contributed by atoms with E-state index in [-0.39, 0.29) is 11.9 Å². The highest BCUT2D eigenvalue weighted by Gasteiger charge is 2.14. The quantitative estimate of drug-likeness (QED) is 0.745. The molecule has 0 aliphatic carbocycles. The number of aryl methyl sites for hydroxylation is 1. The van der Waals surface area contributed by atoms with Crippen LogP contribution in [0.25, 0.3) is 10.8 Å². The second kappa shape index (κ2) is 5.70. The third-order valence-corrected chi connectivity index (χ3v) is 4.60. The van der Waals surface area contributed by atoms with Crippen LogP contribution in [0.15, 0.2) is 54.6 Å². The normalized spacial score (nSPS) is 12.3. The molecule has 0 radical (unpaired) electrons.